The standard InChI is InChI=1S/C18H20ClN3O5/c1-25-11-5-4-10(14(8-11)26-2)9-20-16-17(23)22-12(15(19)21-16)6-7-13(22)18(24)27-3/h4-5,8,13H,6-7,9H2,1-3H3,(H,20,21)/t13-/m0/s1. The Hall–Kier alpha value is -2.74. The third kappa shape index (κ3) is 3.57. The first kappa shape index (κ1) is 19.0. The van der Waals surface area contributed by atoms with E-state index < -0.39 is 17.6 Å². The molecular weight excluding hydrogens is 374 g/mol. The van der Waals surface area contributed by atoms with E-state index in [0.29, 0.717) is 30.0 Å². The Morgan fingerprint density at radius 3 is 2.78 bits per heavy atom. The van der Waals surface area contributed by atoms with Crippen molar-refractivity contribution in [3.05, 3.63) is 45.0 Å². The second-order valence-electron chi connectivity index (χ2n) is 5.98. The number of halogens is 1. The molecule has 1 aromatic carbocycles. The molecule has 1 atom stereocenters. The number of aromatic nitrogens is 2. The van der Waals surface area contributed by atoms with Gasteiger partial charge in [-0.3, -0.25) is 9.36 Å². The van der Waals surface area contributed by atoms with Crippen LogP contribution in [0.2, 0.25) is 5.15 Å². The minimum Gasteiger partial charge on any atom is -0.497 e. The monoisotopic (exact) mass is 393 g/mol. The van der Waals surface area contributed by atoms with Crippen LogP contribution in [0.5, 0.6) is 11.5 Å². The molecule has 0 radical (unpaired) electrons. The number of nitrogens with one attached hydrogen (secondary N) is 1. The van der Waals surface area contributed by atoms with Gasteiger partial charge < -0.3 is 19.5 Å². The zero-order chi connectivity index (χ0) is 19.6. The summed E-state index contributed by atoms with van der Waals surface area (Å²) in [6.45, 7) is 0.286. The highest BCUT2D eigenvalue weighted by Crippen LogP contribution is 2.30. The van der Waals surface area contributed by atoms with Crippen LogP contribution in [0.15, 0.2) is 23.0 Å². The second kappa shape index (κ2) is 7.87. The van der Waals surface area contributed by atoms with E-state index in [0.717, 1.165) is 5.56 Å². The quantitative estimate of drug-likeness (QED) is 0.752. The summed E-state index contributed by atoms with van der Waals surface area (Å²) in [6, 6.07) is 4.69. The van der Waals surface area contributed by atoms with Crippen molar-refractivity contribution in [2.45, 2.75) is 25.4 Å². The fourth-order valence-electron chi connectivity index (χ4n) is 3.15. The molecule has 0 unspecified atom stereocenters. The van der Waals surface area contributed by atoms with Gasteiger partial charge >= 0.3 is 5.97 Å². The molecule has 0 amide bonds. The first-order chi connectivity index (χ1) is 13.0. The molecule has 0 fully saturated rings. The lowest BCUT2D eigenvalue weighted by Crippen LogP contribution is -2.31. The minimum atomic E-state index is -0.686. The summed E-state index contributed by atoms with van der Waals surface area (Å²) in [4.78, 5) is 29.0. The summed E-state index contributed by atoms with van der Waals surface area (Å²) in [5.74, 6) is 0.871. The predicted octanol–water partition coefficient (Wildman–Crippen LogP) is 2.19. The molecule has 0 bridgehead atoms. The van der Waals surface area contributed by atoms with Crippen molar-refractivity contribution >= 4 is 23.4 Å². The van der Waals surface area contributed by atoms with E-state index in [4.69, 9.17) is 25.8 Å². The lowest BCUT2D eigenvalue weighted by molar-refractivity contribution is -0.144. The van der Waals surface area contributed by atoms with Gasteiger partial charge in [-0.05, 0) is 25.0 Å². The molecular formula is C18H20ClN3O5. The van der Waals surface area contributed by atoms with Crippen LogP contribution in [0.3, 0.4) is 0 Å². The van der Waals surface area contributed by atoms with E-state index in [1.807, 2.05) is 6.07 Å². The summed E-state index contributed by atoms with van der Waals surface area (Å²) in [5, 5.41) is 3.19. The van der Waals surface area contributed by atoms with Gasteiger partial charge in [0, 0.05) is 18.2 Å². The normalized spacial score (nSPS) is 15.2. The number of esters is 1. The van der Waals surface area contributed by atoms with E-state index in [2.05, 4.69) is 10.3 Å². The highest BCUT2D eigenvalue weighted by molar-refractivity contribution is 6.30. The number of hydrogen-bond donors (Lipinski definition) is 1. The number of nitrogens with zero attached hydrogens (tertiary/aromatic N) is 2. The number of hydrogen-bond acceptors (Lipinski definition) is 7. The van der Waals surface area contributed by atoms with Gasteiger partial charge in [-0.25, -0.2) is 9.78 Å². The number of carbonyl (C=O) groups excluding carboxylic acids is 1. The zero-order valence-corrected chi connectivity index (χ0v) is 16.0. The Kier molecular flexibility index (Phi) is 5.55. The van der Waals surface area contributed by atoms with Gasteiger partial charge in [0.05, 0.1) is 27.0 Å². The van der Waals surface area contributed by atoms with Crippen molar-refractivity contribution < 1.29 is 19.0 Å². The van der Waals surface area contributed by atoms with E-state index in [1.165, 1.54) is 11.7 Å². The molecule has 8 nitrogen and oxygen atoms in total. The van der Waals surface area contributed by atoms with Gasteiger partial charge in [0.15, 0.2) is 11.0 Å². The van der Waals surface area contributed by atoms with Gasteiger partial charge in [-0.15, -0.1) is 0 Å². The van der Waals surface area contributed by atoms with Crippen LogP contribution in [0, 0.1) is 0 Å². The summed E-state index contributed by atoms with van der Waals surface area (Å²) in [7, 11) is 4.42. The van der Waals surface area contributed by atoms with Crippen LogP contribution >= 0.6 is 11.6 Å². The Bertz CT molecular complexity index is 928. The molecule has 144 valence electrons. The van der Waals surface area contributed by atoms with Crippen molar-refractivity contribution in [1.29, 1.82) is 0 Å². The number of benzene rings is 1. The number of methoxy groups -OCH3 is 3. The minimum absolute atomic E-state index is 0.0671. The van der Waals surface area contributed by atoms with Gasteiger partial charge in [0.25, 0.3) is 5.56 Å². The van der Waals surface area contributed by atoms with Crippen molar-refractivity contribution in [2.75, 3.05) is 26.6 Å². The van der Waals surface area contributed by atoms with E-state index in [1.54, 1.807) is 26.4 Å². The maximum absolute atomic E-state index is 12.8. The van der Waals surface area contributed by atoms with Crippen molar-refractivity contribution in [3.8, 4) is 11.5 Å². The molecule has 0 saturated heterocycles. The number of ether oxygens (including phenoxy) is 3. The molecule has 1 aliphatic heterocycles. The van der Waals surface area contributed by atoms with Crippen molar-refractivity contribution in [3.63, 3.8) is 0 Å². The molecule has 0 spiro atoms. The van der Waals surface area contributed by atoms with Crippen LogP contribution in [-0.2, 0) is 22.5 Å². The van der Waals surface area contributed by atoms with Crippen LogP contribution in [-0.4, -0.2) is 36.8 Å². The topological polar surface area (TPSA) is 91.7 Å². The fraction of sp³-hybridized carbons (Fsp3) is 0.389. The van der Waals surface area contributed by atoms with Crippen LogP contribution in [0.25, 0.3) is 0 Å². The average molecular weight is 394 g/mol. The van der Waals surface area contributed by atoms with Crippen LogP contribution in [0.4, 0.5) is 5.82 Å². The Morgan fingerprint density at radius 2 is 2.11 bits per heavy atom. The first-order valence-electron chi connectivity index (χ1n) is 8.33. The highest BCUT2D eigenvalue weighted by Gasteiger charge is 2.33. The highest BCUT2D eigenvalue weighted by atomic mass is 35.5. The summed E-state index contributed by atoms with van der Waals surface area (Å²) in [6.07, 6.45) is 0.951. The van der Waals surface area contributed by atoms with Crippen LogP contribution in [0.1, 0.15) is 23.7 Å². The molecule has 1 aliphatic rings. The number of carbonyl (C=O) groups is 1. The van der Waals surface area contributed by atoms with Crippen LogP contribution < -0.4 is 20.3 Å². The summed E-state index contributed by atoms with van der Waals surface area (Å²) in [5.41, 5.74) is 0.949. The molecule has 9 heteroatoms. The average Bonchev–Trinajstić information content (AvgIpc) is 3.15. The molecule has 0 aliphatic carbocycles. The molecule has 1 N–H and O–H groups in total. The number of fused-ring (bicyclic) bond motifs is 1. The third-order valence-corrected chi connectivity index (χ3v) is 4.84. The summed E-state index contributed by atoms with van der Waals surface area (Å²) < 4.78 is 16.7. The summed E-state index contributed by atoms with van der Waals surface area (Å²) >= 11 is 6.24. The van der Waals surface area contributed by atoms with E-state index in [9.17, 15) is 9.59 Å². The fourth-order valence-corrected chi connectivity index (χ4v) is 3.42. The molecule has 2 aromatic rings. The second-order valence-corrected chi connectivity index (χ2v) is 6.34. The largest absolute Gasteiger partial charge is 0.497 e. The van der Waals surface area contributed by atoms with E-state index >= 15 is 0 Å². The lowest BCUT2D eigenvalue weighted by Gasteiger charge is -2.15. The third-order valence-electron chi connectivity index (χ3n) is 4.54. The molecule has 2 heterocycles. The van der Waals surface area contributed by atoms with Gasteiger partial charge in [-0.2, -0.15) is 0 Å². The number of anilines is 1. The lowest BCUT2D eigenvalue weighted by atomic mass is 10.2. The SMILES string of the molecule is COC(=O)[C@@H]1CCc2c(Cl)nc(NCc3ccc(OC)cc3OC)c(=O)n21. The Morgan fingerprint density at radius 1 is 1.33 bits per heavy atom. The van der Waals surface area contributed by atoms with Gasteiger partial charge in [0.1, 0.15) is 17.5 Å². The maximum Gasteiger partial charge on any atom is 0.328 e. The van der Waals surface area contributed by atoms with Crippen molar-refractivity contribution in [2.24, 2.45) is 0 Å². The Labute approximate surface area is 161 Å². The molecule has 1 aromatic heterocycles. The van der Waals surface area contributed by atoms with Crippen molar-refractivity contribution in [1.82, 2.24) is 9.55 Å². The Balaban J connectivity index is 1.90. The predicted molar refractivity (Wildman–Crippen MR) is 99.8 cm³/mol. The molecule has 27 heavy (non-hydrogen) atoms. The maximum atomic E-state index is 12.8. The van der Waals surface area contributed by atoms with E-state index in [-0.39, 0.29) is 17.5 Å². The number of rotatable bonds is 6. The van der Waals surface area contributed by atoms with Gasteiger partial charge in [0.2, 0.25) is 0 Å². The molecule has 3 rings (SSSR count). The first-order valence-corrected chi connectivity index (χ1v) is 8.71. The van der Waals surface area contributed by atoms with Gasteiger partial charge in [-0.1, -0.05) is 11.6 Å². The molecule has 0 saturated carbocycles. The smallest absolute Gasteiger partial charge is 0.328 e. The zero-order valence-electron chi connectivity index (χ0n) is 15.2.